The van der Waals surface area contributed by atoms with Gasteiger partial charge in [0.05, 0.1) is 41.6 Å². The number of aromatic nitrogens is 4. The molecular weight excluding hydrogens is 807 g/mol. The number of fused-ring (bicyclic) bond motifs is 3. The van der Waals surface area contributed by atoms with E-state index in [2.05, 4.69) is 65.1 Å². The van der Waals surface area contributed by atoms with Crippen LogP contribution < -0.4 is 0 Å². The number of hydrogen-bond donors (Lipinski definition) is 2. The van der Waals surface area contributed by atoms with Crippen LogP contribution in [0.25, 0.3) is 44.2 Å². The lowest BCUT2D eigenvalue weighted by Gasteiger charge is -2.34. The van der Waals surface area contributed by atoms with Gasteiger partial charge >= 0.3 is 0 Å². The topological polar surface area (TPSA) is 104 Å². The van der Waals surface area contributed by atoms with Crippen molar-refractivity contribution in [2.45, 2.75) is 77.0 Å². The number of aromatic amines is 2. The zero-order chi connectivity index (χ0) is 44.5. The van der Waals surface area contributed by atoms with E-state index in [0.29, 0.717) is 31.0 Å². The van der Waals surface area contributed by atoms with E-state index >= 15 is 8.78 Å². The molecule has 0 radical (unpaired) electrons. The second kappa shape index (κ2) is 18.1. The number of nitrogens with one attached hydrogen (secondary N) is 2. The van der Waals surface area contributed by atoms with Crippen molar-refractivity contribution in [3.8, 4) is 22.4 Å². The molecule has 10 nitrogen and oxygen atoms in total. The van der Waals surface area contributed by atoms with Gasteiger partial charge in [-0.15, -0.1) is 0 Å². The molecule has 0 saturated carbocycles. The Bertz CT molecular complexity index is 2730. The molecule has 330 valence electrons. The van der Waals surface area contributed by atoms with Gasteiger partial charge in [0.15, 0.2) is 0 Å². The SMILES string of the molecule is CCN(CC)C(C(=O)N1CCC[C@H]1c1ncc(-c2ccc(-c3ccc4c(ccc5[nH]c([C@@H]6CC(F)(F)CN6C(=O)[C@@H](c6ccccc6)N(CC)CC)nc54)c3)cc2)[nH]1)c1ccccc1. The summed E-state index contributed by atoms with van der Waals surface area (Å²) in [5.41, 5.74) is 7.15. The average Bonchev–Trinajstić information content (AvgIpc) is 4.16. The van der Waals surface area contributed by atoms with Gasteiger partial charge < -0.3 is 19.8 Å². The van der Waals surface area contributed by atoms with Crippen molar-refractivity contribution in [1.29, 1.82) is 0 Å². The maximum Gasteiger partial charge on any atom is 0.267 e. The molecule has 0 bridgehead atoms. The number of likely N-dealkylation sites (tertiary alicyclic amines) is 2. The molecule has 2 aliphatic heterocycles. The van der Waals surface area contributed by atoms with Crippen molar-refractivity contribution >= 4 is 33.6 Å². The molecule has 12 heteroatoms. The molecule has 2 saturated heterocycles. The maximum absolute atomic E-state index is 15.3. The highest BCUT2D eigenvalue weighted by Crippen LogP contribution is 2.43. The fourth-order valence-corrected chi connectivity index (χ4v) is 10.0. The van der Waals surface area contributed by atoms with Crippen LogP contribution in [0.1, 0.15) is 93.9 Å². The normalized spacial score (nSPS) is 18.4. The van der Waals surface area contributed by atoms with Crippen molar-refractivity contribution in [2.24, 2.45) is 0 Å². The van der Waals surface area contributed by atoms with Crippen LogP contribution in [0, 0.1) is 0 Å². The Hall–Kier alpha value is -6.24. The molecular formula is C52H56F2N8O2. The number of imidazole rings is 2. The lowest BCUT2D eigenvalue weighted by Crippen LogP contribution is -2.43. The minimum Gasteiger partial charge on any atom is -0.340 e. The summed E-state index contributed by atoms with van der Waals surface area (Å²) in [6.07, 6.45) is 3.14. The summed E-state index contributed by atoms with van der Waals surface area (Å²) in [6.45, 7) is 11.0. The molecule has 2 N–H and O–H groups in total. The van der Waals surface area contributed by atoms with Gasteiger partial charge in [-0.25, -0.2) is 18.7 Å². The van der Waals surface area contributed by atoms with Gasteiger partial charge in [-0.1, -0.05) is 131 Å². The number of hydrogen-bond acceptors (Lipinski definition) is 6. The number of carbonyl (C=O) groups excluding carboxylic acids is 2. The van der Waals surface area contributed by atoms with E-state index in [4.69, 9.17) is 9.97 Å². The Balaban J connectivity index is 0.939. The first-order chi connectivity index (χ1) is 31.1. The first kappa shape index (κ1) is 43.0. The van der Waals surface area contributed by atoms with Gasteiger partial charge in [0, 0.05) is 18.4 Å². The molecule has 1 unspecified atom stereocenters. The first-order valence-electron chi connectivity index (χ1n) is 22.8. The minimum absolute atomic E-state index is 0.115. The van der Waals surface area contributed by atoms with Gasteiger partial charge in [-0.2, -0.15) is 0 Å². The molecule has 2 fully saturated rings. The second-order valence-electron chi connectivity index (χ2n) is 17.1. The molecule has 64 heavy (non-hydrogen) atoms. The van der Waals surface area contributed by atoms with Gasteiger partial charge in [0.2, 0.25) is 11.8 Å². The van der Waals surface area contributed by atoms with E-state index in [9.17, 15) is 9.59 Å². The van der Waals surface area contributed by atoms with Gasteiger partial charge in [-0.05, 0) is 84.4 Å². The monoisotopic (exact) mass is 862 g/mol. The molecule has 7 aromatic rings. The summed E-state index contributed by atoms with van der Waals surface area (Å²) < 4.78 is 30.6. The Morgan fingerprint density at radius 3 is 1.92 bits per heavy atom. The third-order valence-corrected chi connectivity index (χ3v) is 13.4. The molecule has 9 rings (SSSR count). The first-order valence-corrected chi connectivity index (χ1v) is 22.8. The Kier molecular flexibility index (Phi) is 12.2. The van der Waals surface area contributed by atoms with Crippen LogP contribution >= 0.6 is 0 Å². The summed E-state index contributed by atoms with van der Waals surface area (Å²) in [6, 6.07) is 35.9. The fraction of sp³-hybridized carbons (Fsp3) is 0.346. The zero-order valence-corrected chi connectivity index (χ0v) is 37.0. The molecule has 2 aromatic heterocycles. The highest BCUT2D eigenvalue weighted by atomic mass is 19.3. The molecule has 0 aliphatic carbocycles. The number of benzene rings is 5. The van der Waals surface area contributed by atoms with Crippen molar-refractivity contribution < 1.29 is 18.4 Å². The third kappa shape index (κ3) is 8.20. The van der Waals surface area contributed by atoms with Crippen LogP contribution in [0.3, 0.4) is 0 Å². The Labute approximate surface area is 373 Å². The second-order valence-corrected chi connectivity index (χ2v) is 17.1. The highest BCUT2D eigenvalue weighted by molar-refractivity contribution is 6.05. The van der Waals surface area contributed by atoms with Crippen LogP contribution in [-0.2, 0) is 9.59 Å². The van der Waals surface area contributed by atoms with Crippen LogP contribution in [0.4, 0.5) is 8.78 Å². The van der Waals surface area contributed by atoms with Crippen molar-refractivity contribution in [1.82, 2.24) is 39.5 Å². The molecule has 0 spiro atoms. The number of halogens is 2. The van der Waals surface area contributed by atoms with E-state index in [1.807, 2.05) is 109 Å². The van der Waals surface area contributed by atoms with Gasteiger partial charge in [0.25, 0.3) is 5.92 Å². The number of alkyl halides is 2. The van der Waals surface area contributed by atoms with E-state index in [-0.39, 0.29) is 23.9 Å². The quantitative estimate of drug-likeness (QED) is 0.113. The number of carbonyl (C=O) groups is 2. The van der Waals surface area contributed by atoms with Crippen LogP contribution in [0.15, 0.2) is 121 Å². The summed E-state index contributed by atoms with van der Waals surface area (Å²) in [5, 5.41) is 1.86. The summed E-state index contributed by atoms with van der Waals surface area (Å²) in [5.74, 6) is -2.11. The smallest absolute Gasteiger partial charge is 0.267 e. The predicted molar refractivity (Wildman–Crippen MR) is 249 cm³/mol. The van der Waals surface area contributed by atoms with E-state index in [1.54, 1.807) is 0 Å². The lowest BCUT2D eigenvalue weighted by atomic mass is 9.99. The van der Waals surface area contributed by atoms with Gasteiger partial charge in [-0.3, -0.25) is 19.4 Å². The van der Waals surface area contributed by atoms with Gasteiger partial charge in [0.1, 0.15) is 23.7 Å². The largest absolute Gasteiger partial charge is 0.340 e. The predicted octanol–water partition coefficient (Wildman–Crippen LogP) is 10.5. The standard InChI is InChI=1S/C52H56F2N8O2/c1-5-59(6-2)46(36-16-11-9-12-17-36)50(63)61-29-15-20-43(61)48-55-32-42(57-48)35-23-21-34(22-24-35)38-25-27-40-39(30-38)26-28-41-45(40)58-49(56-41)44-31-52(53,54)33-62(44)51(64)47(60(7-3)8-4)37-18-13-10-14-19-37/h9-14,16-19,21-28,30,32,43-44,46-47H,5-8,15,20,29,31,33H2,1-4H3,(H,55,57)(H,56,58)/t43-,44-,46?,47+/m0/s1. The number of H-pyrrole nitrogens is 2. The fourth-order valence-electron chi connectivity index (χ4n) is 10.0. The molecule has 5 aromatic carbocycles. The van der Waals surface area contributed by atoms with E-state index < -0.39 is 31.0 Å². The van der Waals surface area contributed by atoms with Crippen molar-refractivity contribution in [3.05, 3.63) is 144 Å². The third-order valence-electron chi connectivity index (χ3n) is 13.4. The summed E-state index contributed by atoms with van der Waals surface area (Å²) >= 11 is 0. The highest BCUT2D eigenvalue weighted by Gasteiger charge is 2.50. The van der Waals surface area contributed by atoms with E-state index in [1.165, 1.54) is 4.90 Å². The van der Waals surface area contributed by atoms with E-state index in [0.717, 1.165) is 81.6 Å². The lowest BCUT2D eigenvalue weighted by molar-refractivity contribution is -0.140. The molecule has 4 atom stereocenters. The number of rotatable bonds is 14. The van der Waals surface area contributed by atoms with Crippen molar-refractivity contribution in [2.75, 3.05) is 39.3 Å². The van der Waals surface area contributed by atoms with Crippen molar-refractivity contribution in [3.63, 3.8) is 0 Å². The number of likely N-dealkylation sites (N-methyl/N-ethyl adjacent to an activating group) is 2. The number of amides is 2. The molecule has 4 heterocycles. The zero-order valence-electron chi connectivity index (χ0n) is 37.0. The van der Waals surface area contributed by atoms with Crippen LogP contribution in [-0.4, -0.2) is 96.5 Å². The average molecular weight is 863 g/mol. The Morgan fingerprint density at radius 1 is 0.703 bits per heavy atom. The Morgan fingerprint density at radius 2 is 1.30 bits per heavy atom. The molecule has 2 amide bonds. The van der Waals surface area contributed by atoms with Crippen LogP contribution in [0.5, 0.6) is 0 Å². The summed E-state index contributed by atoms with van der Waals surface area (Å²) in [7, 11) is 0. The molecule has 2 aliphatic rings. The number of nitrogens with zero attached hydrogens (tertiary/aromatic N) is 6. The summed E-state index contributed by atoms with van der Waals surface area (Å²) in [4.78, 5) is 52.9. The maximum atomic E-state index is 15.3. The minimum atomic E-state index is -3.05. The van der Waals surface area contributed by atoms with Crippen LogP contribution in [0.2, 0.25) is 0 Å².